The maximum absolute atomic E-state index is 13.0. The van der Waals surface area contributed by atoms with Crippen LogP contribution in [0.15, 0.2) is 11.1 Å². The molecule has 2 aromatic rings. The van der Waals surface area contributed by atoms with Crippen molar-refractivity contribution in [2.75, 3.05) is 26.2 Å². The third-order valence-electron chi connectivity index (χ3n) is 5.60. The van der Waals surface area contributed by atoms with Crippen molar-refractivity contribution < 1.29 is 9.59 Å². The Morgan fingerprint density at radius 1 is 1.25 bits per heavy atom. The topological polar surface area (TPSA) is 75.5 Å². The number of likely N-dealkylation sites (N-methyl/N-ethyl adjacent to an activating group) is 1. The zero-order chi connectivity index (χ0) is 20.4. The fraction of sp³-hybridized carbons (Fsp3) is 0.600. The third-order valence-corrected chi connectivity index (χ3v) is 6.79. The Kier molecular flexibility index (Phi) is 6.17. The Morgan fingerprint density at radius 3 is 2.50 bits per heavy atom. The van der Waals surface area contributed by atoms with E-state index in [1.165, 1.54) is 22.2 Å². The summed E-state index contributed by atoms with van der Waals surface area (Å²) in [5, 5.41) is 0.452. The van der Waals surface area contributed by atoms with Gasteiger partial charge in [0.2, 0.25) is 5.91 Å². The summed E-state index contributed by atoms with van der Waals surface area (Å²) in [7, 11) is 0. The Bertz CT molecular complexity index is 937. The van der Waals surface area contributed by atoms with E-state index in [4.69, 9.17) is 0 Å². The number of amides is 2. The summed E-state index contributed by atoms with van der Waals surface area (Å²) in [5.74, 6) is 0.516. The van der Waals surface area contributed by atoms with Crippen molar-refractivity contribution in [2.45, 2.75) is 47.1 Å². The fourth-order valence-electron chi connectivity index (χ4n) is 3.65. The molecular formula is C20H28N4O3S. The van der Waals surface area contributed by atoms with Gasteiger partial charge in [0.05, 0.1) is 16.6 Å². The molecule has 1 fully saturated rings. The van der Waals surface area contributed by atoms with Crippen molar-refractivity contribution in [1.82, 2.24) is 19.4 Å². The lowest BCUT2D eigenvalue weighted by Crippen LogP contribution is -2.37. The van der Waals surface area contributed by atoms with Crippen LogP contribution in [0.1, 0.15) is 48.8 Å². The number of likely N-dealkylation sites (tertiary alicyclic amines) is 1. The van der Waals surface area contributed by atoms with E-state index in [9.17, 15) is 14.4 Å². The number of rotatable bonds is 5. The molecule has 1 aliphatic heterocycles. The van der Waals surface area contributed by atoms with Crippen LogP contribution in [-0.2, 0) is 11.3 Å². The maximum atomic E-state index is 13.0. The van der Waals surface area contributed by atoms with Gasteiger partial charge < -0.3 is 9.80 Å². The molecule has 0 saturated carbocycles. The number of carbonyl (C=O) groups is 2. The van der Waals surface area contributed by atoms with E-state index in [0.29, 0.717) is 39.7 Å². The fourth-order valence-corrected chi connectivity index (χ4v) is 4.76. The normalized spacial score (nSPS) is 15.2. The number of piperidine rings is 1. The summed E-state index contributed by atoms with van der Waals surface area (Å²) < 4.78 is 1.35. The van der Waals surface area contributed by atoms with E-state index in [1.807, 2.05) is 18.7 Å². The van der Waals surface area contributed by atoms with Gasteiger partial charge in [-0.1, -0.05) is 6.92 Å². The smallest absolute Gasteiger partial charge is 0.264 e. The van der Waals surface area contributed by atoms with Crippen LogP contribution in [0.3, 0.4) is 0 Å². The lowest BCUT2D eigenvalue weighted by Gasteiger charge is -2.30. The Hall–Kier alpha value is -2.22. The minimum Gasteiger partial charge on any atom is -0.342 e. The van der Waals surface area contributed by atoms with Crippen LogP contribution < -0.4 is 5.56 Å². The van der Waals surface area contributed by atoms with Gasteiger partial charge in [-0.05, 0) is 45.1 Å². The Balaban J connectivity index is 1.91. The minimum atomic E-state index is -0.259. The maximum Gasteiger partial charge on any atom is 0.264 e. The number of carbonyl (C=O) groups excluding carboxylic acids is 2. The molecule has 7 nitrogen and oxygen atoms in total. The molecular weight excluding hydrogens is 376 g/mol. The SMILES string of the molecule is CCN(CC)C(=O)Cn1cnc2sc(C(=O)N3CCC(C)CC3)c(C)c2c1=O. The van der Waals surface area contributed by atoms with Gasteiger partial charge in [0.15, 0.2) is 0 Å². The second-order valence-corrected chi connectivity index (χ2v) is 8.45. The first-order valence-electron chi connectivity index (χ1n) is 9.92. The first kappa shape index (κ1) is 20.5. The molecule has 0 bridgehead atoms. The molecule has 0 N–H and O–H groups in total. The van der Waals surface area contributed by atoms with E-state index in [-0.39, 0.29) is 23.9 Å². The van der Waals surface area contributed by atoms with E-state index in [2.05, 4.69) is 11.9 Å². The summed E-state index contributed by atoms with van der Waals surface area (Å²) in [4.78, 5) is 47.4. The number of hydrogen-bond acceptors (Lipinski definition) is 5. The molecule has 0 radical (unpaired) electrons. The molecule has 3 heterocycles. The predicted octanol–water partition coefficient (Wildman–Crippen LogP) is 2.51. The van der Waals surface area contributed by atoms with Crippen molar-refractivity contribution in [2.24, 2.45) is 5.92 Å². The summed E-state index contributed by atoms with van der Waals surface area (Å²) in [6, 6.07) is 0. The lowest BCUT2D eigenvalue weighted by molar-refractivity contribution is -0.131. The summed E-state index contributed by atoms with van der Waals surface area (Å²) in [5.41, 5.74) is 0.413. The third kappa shape index (κ3) is 3.83. The highest BCUT2D eigenvalue weighted by molar-refractivity contribution is 7.20. The molecule has 2 aromatic heterocycles. The van der Waals surface area contributed by atoms with Gasteiger partial charge in [-0.2, -0.15) is 0 Å². The Morgan fingerprint density at radius 2 is 1.89 bits per heavy atom. The number of hydrogen-bond donors (Lipinski definition) is 0. The van der Waals surface area contributed by atoms with Crippen LogP contribution in [-0.4, -0.2) is 57.3 Å². The summed E-state index contributed by atoms with van der Waals surface area (Å²) in [6.07, 6.45) is 3.43. The molecule has 0 aliphatic carbocycles. The van der Waals surface area contributed by atoms with Crippen molar-refractivity contribution in [3.63, 3.8) is 0 Å². The van der Waals surface area contributed by atoms with E-state index in [1.54, 1.807) is 11.8 Å². The average molecular weight is 405 g/mol. The number of aryl methyl sites for hydroxylation is 1. The van der Waals surface area contributed by atoms with E-state index >= 15 is 0 Å². The number of thiophene rings is 1. The molecule has 8 heteroatoms. The largest absolute Gasteiger partial charge is 0.342 e. The molecule has 3 rings (SSSR count). The first-order chi connectivity index (χ1) is 13.4. The highest BCUT2D eigenvalue weighted by Gasteiger charge is 2.26. The summed E-state index contributed by atoms with van der Waals surface area (Å²) >= 11 is 1.27. The zero-order valence-electron chi connectivity index (χ0n) is 17.0. The average Bonchev–Trinajstić information content (AvgIpc) is 3.02. The van der Waals surface area contributed by atoms with Gasteiger partial charge in [-0.3, -0.25) is 19.0 Å². The lowest BCUT2D eigenvalue weighted by atomic mass is 9.99. The second kappa shape index (κ2) is 8.43. The molecule has 152 valence electrons. The molecule has 2 amide bonds. The molecule has 0 aromatic carbocycles. The molecule has 0 spiro atoms. The predicted molar refractivity (Wildman–Crippen MR) is 111 cm³/mol. The van der Waals surface area contributed by atoms with Crippen molar-refractivity contribution >= 4 is 33.4 Å². The van der Waals surface area contributed by atoms with Crippen LogP contribution >= 0.6 is 11.3 Å². The van der Waals surface area contributed by atoms with Crippen LogP contribution in [0, 0.1) is 12.8 Å². The zero-order valence-corrected chi connectivity index (χ0v) is 17.8. The minimum absolute atomic E-state index is 0.0161. The quantitative estimate of drug-likeness (QED) is 0.767. The molecule has 1 aliphatic rings. The molecule has 0 unspecified atom stereocenters. The van der Waals surface area contributed by atoms with Crippen LogP contribution in [0.4, 0.5) is 0 Å². The molecule has 28 heavy (non-hydrogen) atoms. The van der Waals surface area contributed by atoms with E-state index in [0.717, 1.165) is 25.9 Å². The standard InChI is InChI=1S/C20H28N4O3S/c1-5-22(6-2)15(25)11-24-12-21-18-16(19(24)26)14(4)17(28-18)20(27)23-9-7-13(3)8-10-23/h12-13H,5-11H2,1-4H3. The highest BCUT2D eigenvalue weighted by Crippen LogP contribution is 2.29. The molecule has 1 saturated heterocycles. The second-order valence-electron chi connectivity index (χ2n) is 7.45. The first-order valence-corrected chi connectivity index (χ1v) is 10.7. The van der Waals surface area contributed by atoms with Crippen LogP contribution in [0.25, 0.3) is 10.2 Å². The van der Waals surface area contributed by atoms with Gasteiger partial charge in [-0.15, -0.1) is 11.3 Å². The van der Waals surface area contributed by atoms with Crippen LogP contribution in [0.5, 0.6) is 0 Å². The van der Waals surface area contributed by atoms with Crippen molar-refractivity contribution in [3.05, 3.63) is 27.1 Å². The number of nitrogens with zero attached hydrogens (tertiary/aromatic N) is 4. The van der Waals surface area contributed by atoms with Crippen molar-refractivity contribution in [3.8, 4) is 0 Å². The number of aromatic nitrogens is 2. The van der Waals surface area contributed by atoms with Gasteiger partial charge in [0.1, 0.15) is 11.4 Å². The van der Waals surface area contributed by atoms with Gasteiger partial charge in [0, 0.05) is 26.2 Å². The van der Waals surface area contributed by atoms with Crippen molar-refractivity contribution in [1.29, 1.82) is 0 Å². The highest BCUT2D eigenvalue weighted by atomic mass is 32.1. The Labute approximate surface area is 169 Å². The van der Waals surface area contributed by atoms with Gasteiger partial charge in [-0.25, -0.2) is 4.98 Å². The summed E-state index contributed by atoms with van der Waals surface area (Å²) in [6.45, 7) is 10.5. The van der Waals surface area contributed by atoms with Gasteiger partial charge >= 0.3 is 0 Å². The molecule has 0 atom stereocenters. The van der Waals surface area contributed by atoms with Gasteiger partial charge in [0.25, 0.3) is 11.5 Å². The van der Waals surface area contributed by atoms with E-state index < -0.39 is 0 Å². The number of fused-ring (bicyclic) bond motifs is 1. The monoisotopic (exact) mass is 404 g/mol. The van der Waals surface area contributed by atoms with Crippen LogP contribution in [0.2, 0.25) is 0 Å².